The van der Waals surface area contributed by atoms with E-state index in [9.17, 15) is 23.5 Å². The number of anilines is 2. The lowest BCUT2D eigenvalue weighted by molar-refractivity contribution is -0.138. The van der Waals surface area contributed by atoms with Crippen molar-refractivity contribution in [1.29, 1.82) is 5.26 Å². The third-order valence-corrected chi connectivity index (χ3v) is 4.59. The fourth-order valence-electron chi connectivity index (χ4n) is 3.09. The molecule has 2 heterocycles. The third kappa shape index (κ3) is 4.86. The quantitative estimate of drug-likeness (QED) is 0.718. The van der Waals surface area contributed by atoms with Gasteiger partial charge in [-0.3, -0.25) is 4.98 Å². The van der Waals surface area contributed by atoms with Crippen LogP contribution < -0.4 is 10.6 Å². The molecule has 1 aliphatic rings. The molecule has 2 aromatic rings. The summed E-state index contributed by atoms with van der Waals surface area (Å²) >= 11 is 0. The maximum atomic E-state index is 13.1. The molecule has 0 atom stereocenters. The Morgan fingerprint density at radius 2 is 1.96 bits per heavy atom. The summed E-state index contributed by atoms with van der Waals surface area (Å²) in [5.41, 5.74) is -0.560. The van der Waals surface area contributed by atoms with Gasteiger partial charge in [-0.15, -0.1) is 0 Å². The van der Waals surface area contributed by atoms with E-state index >= 15 is 0 Å². The maximum Gasteiger partial charge on any atom is 0.416 e. The fourth-order valence-corrected chi connectivity index (χ4v) is 3.09. The van der Waals surface area contributed by atoms with E-state index in [1.807, 2.05) is 6.07 Å². The third-order valence-electron chi connectivity index (χ3n) is 4.59. The minimum atomic E-state index is -4.48. The molecule has 28 heavy (non-hydrogen) atoms. The highest BCUT2D eigenvalue weighted by Gasteiger charge is 2.33. The van der Waals surface area contributed by atoms with Gasteiger partial charge in [0.1, 0.15) is 17.5 Å². The Morgan fingerprint density at radius 3 is 2.64 bits per heavy atom. The second-order valence-corrected chi connectivity index (χ2v) is 6.60. The second kappa shape index (κ2) is 8.39. The standard InChI is InChI=1S/C18H19F3N6O/c19-18(20,21)15-5-6-23-8-12(15)10-25-17-24-9-11(7-22)16(27-17)26-13-1-3-14(28)4-2-13/h5-6,8-9,13-14,28H,1-4,10H2,(H2,24,25,26,27). The zero-order valence-electron chi connectivity index (χ0n) is 14.9. The number of rotatable bonds is 5. The first kappa shape index (κ1) is 19.8. The number of nitriles is 1. The van der Waals surface area contributed by atoms with Gasteiger partial charge < -0.3 is 15.7 Å². The molecule has 0 radical (unpaired) electrons. The Bertz CT molecular complexity index is 859. The number of aromatic nitrogens is 3. The van der Waals surface area contributed by atoms with Gasteiger partial charge in [0.15, 0.2) is 0 Å². The number of aliphatic hydroxyl groups excluding tert-OH is 1. The van der Waals surface area contributed by atoms with Crippen LogP contribution in [0.25, 0.3) is 0 Å². The van der Waals surface area contributed by atoms with E-state index in [4.69, 9.17) is 0 Å². The van der Waals surface area contributed by atoms with Gasteiger partial charge in [0.2, 0.25) is 5.95 Å². The van der Waals surface area contributed by atoms with Gasteiger partial charge in [0.05, 0.1) is 17.9 Å². The lowest BCUT2D eigenvalue weighted by Crippen LogP contribution is -2.29. The largest absolute Gasteiger partial charge is 0.416 e. The van der Waals surface area contributed by atoms with Crippen LogP contribution in [0.2, 0.25) is 0 Å². The van der Waals surface area contributed by atoms with E-state index in [0.29, 0.717) is 18.7 Å². The Morgan fingerprint density at radius 1 is 1.21 bits per heavy atom. The topological polar surface area (TPSA) is 107 Å². The summed E-state index contributed by atoms with van der Waals surface area (Å²) < 4.78 is 39.2. The molecule has 0 bridgehead atoms. The van der Waals surface area contributed by atoms with Crippen LogP contribution in [-0.4, -0.2) is 32.2 Å². The van der Waals surface area contributed by atoms with Gasteiger partial charge in [0.25, 0.3) is 0 Å². The zero-order chi connectivity index (χ0) is 20.1. The van der Waals surface area contributed by atoms with Crippen LogP contribution in [-0.2, 0) is 12.7 Å². The number of halogens is 3. The predicted octanol–water partition coefficient (Wildman–Crippen LogP) is 3.09. The highest BCUT2D eigenvalue weighted by Crippen LogP contribution is 2.31. The number of nitrogens with one attached hydrogen (secondary N) is 2. The van der Waals surface area contributed by atoms with Gasteiger partial charge in [-0.1, -0.05) is 0 Å². The van der Waals surface area contributed by atoms with E-state index in [0.717, 1.165) is 31.3 Å². The van der Waals surface area contributed by atoms with Crippen molar-refractivity contribution in [2.75, 3.05) is 10.6 Å². The SMILES string of the molecule is N#Cc1cnc(NCc2cnccc2C(F)(F)F)nc1NC1CCC(O)CC1. The Hall–Kier alpha value is -2.93. The van der Waals surface area contributed by atoms with Crippen molar-refractivity contribution in [3.8, 4) is 6.07 Å². The van der Waals surface area contributed by atoms with E-state index in [-0.39, 0.29) is 35.8 Å². The van der Waals surface area contributed by atoms with E-state index < -0.39 is 11.7 Å². The molecule has 0 spiro atoms. The van der Waals surface area contributed by atoms with E-state index in [2.05, 4.69) is 25.6 Å². The summed E-state index contributed by atoms with van der Waals surface area (Å²) in [6, 6.07) is 2.98. The Labute approximate surface area is 159 Å². The molecule has 0 amide bonds. The molecule has 0 aliphatic heterocycles. The molecule has 0 saturated heterocycles. The van der Waals surface area contributed by atoms with Gasteiger partial charge >= 0.3 is 6.18 Å². The molecule has 148 valence electrons. The summed E-state index contributed by atoms with van der Waals surface area (Å²) in [6.07, 6.45) is 1.58. The highest BCUT2D eigenvalue weighted by molar-refractivity contribution is 5.54. The van der Waals surface area contributed by atoms with Crippen LogP contribution in [0.15, 0.2) is 24.7 Å². The molecule has 1 fully saturated rings. The molecule has 2 aromatic heterocycles. The molecule has 3 N–H and O–H groups in total. The minimum Gasteiger partial charge on any atom is -0.393 e. The van der Waals surface area contributed by atoms with Crippen molar-refractivity contribution in [3.05, 3.63) is 41.3 Å². The van der Waals surface area contributed by atoms with Gasteiger partial charge in [-0.05, 0) is 31.7 Å². The first-order valence-electron chi connectivity index (χ1n) is 8.82. The van der Waals surface area contributed by atoms with Crippen LogP contribution in [0.3, 0.4) is 0 Å². The van der Waals surface area contributed by atoms with Crippen molar-refractivity contribution >= 4 is 11.8 Å². The Kier molecular flexibility index (Phi) is 5.94. The maximum absolute atomic E-state index is 13.1. The number of pyridine rings is 1. The minimum absolute atomic E-state index is 0.0289. The first-order chi connectivity index (χ1) is 13.4. The molecule has 10 heteroatoms. The number of aliphatic hydroxyl groups is 1. The zero-order valence-corrected chi connectivity index (χ0v) is 14.9. The monoisotopic (exact) mass is 392 g/mol. The fraction of sp³-hybridized carbons (Fsp3) is 0.444. The number of hydrogen-bond acceptors (Lipinski definition) is 7. The summed E-state index contributed by atoms with van der Waals surface area (Å²) in [6.45, 7) is -0.163. The molecule has 1 saturated carbocycles. The average Bonchev–Trinajstić information content (AvgIpc) is 2.68. The molecular weight excluding hydrogens is 373 g/mol. The summed E-state index contributed by atoms with van der Waals surface area (Å²) in [4.78, 5) is 12.0. The smallest absolute Gasteiger partial charge is 0.393 e. The van der Waals surface area contributed by atoms with Crippen molar-refractivity contribution in [3.63, 3.8) is 0 Å². The van der Waals surface area contributed by atoms with Gasteiger partial charge in [-0.2, -0.15) is 23.4 Å². The highest BCUT2D eigenvalue weighted by atomic mass is 19.4. The lowest BCUT2D eigenvalue weighted by atomic mass is 9.93. The molecule has 3 rings (SSSR count). The van der Waals surface area contributed by atoms with Crippen LogP contribution in [0.1, 0.15) is 42.4 Å². The molecule has 0 aromatic carbocycles. The molecule has 7 nitrogen and oxygen atoms in total. The van der Waals surface area contributed by atoms with Crippen LogP contribution in [0, 0.1) is 11.3 Å². The van der Waals surface area contributed by atoms with Crippen molar-refractivity contribution in [2.45, 2.75) is 50.6 Å². The van der Waals surface area contributed by atoms with Gasteiger partial charge in [0, 0.05) is 30.5 Å². The number of hydrogen-bond donors (Lipinski definition) is 3. The number of nitrogens with zero attached hydrogens (tertiary/aromatic N) is 4. The second-order valence-electron chi connectivity index (χ2n) is 6.60. The van der Waals surface area contributed by atoms with E-state index in [1.54, 1.807) is 0 Å². The van der Waals surface area contributed by atoms with Crippen molar-refractivity contribution in [1.82, 2.24) is 15.0 Å². The van der Waals surface area contributed by atoms with Crippen LogP contribution in [0.4, 0.5) is 24.9 Å². The van der Waals surface area contributed by atoms with Crippen LogP contribution in [0.5, 0.6) is 0 Å². The van der Waals surface area contributed by atoms with E-state index in [1.165, 1.54) is 6.20 Å². The first-order valence-corrected chi connectivity index (χ1v) is 8.82. The van der Waals surface area contributed by atoms with Crippen molar-refractivity contribution < 1.29 is 18.3 Å². The molecule has 1 aliphatic carbocycles. The molecule has 0 unspecified atom stereocenters. The van der Waals surface area contributed by atoms with Crippen LogP contribution >= 0.6 is 0 Å². The van der Waals surface area contributed by atoms with Gasteiger partial charge in [-0.25, -0.2) is 4.98 Å². The average molecular weight is 392 g/mol. The summed E-state index contributed by atoms with van der Waals surface area (Å²) in [7, 11) is 0. The normalized spacial score (nSPS) is 19.7. The molecular formula is C18H19F3N6O. The Balaban J connectivity index is 1.73. The van der Waals surface area contributed by atoms with Crippen molar-refractivity contribution in [2.24, 2.45) is 0 Å². The number of alkyl halides is 3. The lowest BCUT2D eigenvalue weighted by Gasteiger charge is -2.26. The summed E-state index contributed by atoms with van der Waals surface area (Å²) in [5, 5.41) is 24.8. The summed E-state index contributed by atoms with van der Waals surface area (Å²) in [5.74, 6) is 0.429. The predicted molar refractivity (Wildman–Crippen MR) is 95.2 cm³/mol.